The largest absolute Gasteiger partial charge is 0.366 e. The Bertz CT molecular complexity index is 1230. The minimum Gasteiger partial charge on any atom is -0.366 e. The monoisotopic (exact) mass is 609 g/mol. The number of sulfonamides is 1. The molecular weight excluding hydrogens is 574 g/mol. The van der Waals surface area contributed by atoms with Gasteiger partial charge >= 0.3 is 0 Å². The van der Waals surface area contributed by atoms with Crippen molar-refractivity contribution in [2.24, 2.45) is 5.73 Å². The summed E-state index contributed by atoms with van der Waals surface area (Å²) in [4.78, 5) is 32.6. The number of aromatic nitrogens is 2. The van der Waals surface area contributed by atoms with Crippen LogP contribution in [0.3, 0.4) is 0 Å². The van der Waals surface area contributed by atoms with E-state index in [4.69, 9.17) is 5.73 Å². The number of carbonyl (C=O) groups is 2. The molecule has 3 rings (SSSR count). The number of nitrogens with zero attached hydrogens (tertiary/aromatic N) is 3. The number of carbonyl (C=O) groups excluding carboxylic acids is 2. The van der Waals surface area contributed by atoms with Crippen molar-refractivity contribution in [2.45, 2.75) is 58.4 Å². The van der Waals surface area contributed by atoms with Gasteiger partial charge in [0.25, 0.3) is 5.91 Å². The number of nitrogens with two attached hydrogens (primary N) is 1. The minimum atomic E-state index is -3.46. The van der Waals surface area contributed by atoms with Crippen LogP contribution < -0.4 is 21.7 Å². The summed E-state index contributed by atoms with van der Waals surface area (Å²) in [6.07, 6.45) is 6.05. The molecule has 11 nitrogen and oxygen atoms in total. The summed E-state index contributed by atoms with van der Waals surface area (Å²) >= 11 is 3.44. The van der Waals surface area contributed by atoms with Crippen LogP contribution in [-0.4, -0.2) is 65.9 Å². The van der Waals surface area contributed by atoms with Crippen molar-refractivity contribution in [1.82, 2.24) is 19.6 Å². The van der Waals surface area contributed by atoms with Crippen LogP contribution in [0.25, 0.3) is 0 Å². The Kier molecular flexibility index (Phi) is 10.9. The second-order valence-electron chi connectivity index (χ2n) is 9.32. The maximum Gasteiger partial charge on any atom is 0.251 e. The molecule has 0 bridgehead atoms. The van der Waals surface area contributed by atoms with E-state index in [1.54, 1.807) is 12.3 Å². The Balaban J connectivity index is 1.53. The van der Waals surface area contributed by atoms with E-state index >= 15 is 0 Å². The molecule has 38 heavy (non-hydrogen) atoms. The summed E-state index contributed by atoms with van der Waals surface area (Å²) in [6.45, 7) is 4.74. The zero-order chi connectivity index (χ0) is 27.7. The molecule has 0 saturated carbocycles. The lowest BCUT2D eigenvalue weighted by Gasteiger charge is -2.31. The zero-order valence-corrected chi connectivity index (χ0v) is 24.2. The Morgan fingerprint density at radius 3 is 2.63 bits per heavy atom. The van der Waals surface area contributed by atoms with Crippen molar-refractivity contribution in [1.29, 1.82) is 0 Å². The summed E-state index contributed by atoms with van der Waals surface area (Å²) in [5.74, 6) is 0.101. The van der Waals surface area contributed by atoms with E-state index in [9.17, 15) is 18.0 Å². The highest BCUT2D eigenvalue weighted by Gasteiger charge is 2.28. The predicted octanol–water partition coefficient (Wildman–Crippen LogP) is 3.29. The van der Waals surface area contributed by atoms with Gasteiger partial charge in [-0.05, 0) is 53.7 Å². The summed E-state index contributed by atoms with van der Waals surface area (Å²) in [5, 5.41) is 9.15. The maximum atomic E-state index is 12.7. The minimum absolute atomic E-state index is 0.00565. The Morgan fingerprint density at radius 1 is 1.21 bits per heavy atom. The molecule has 0 radical (unpaired) electrons. The standard InChI is InChI=1S/C25H36BrN7O4S/c1-3-4-5-9-21(34)28-12-15-38(36,37)33-13-10-18(11-14-33)30-25-29-16-19(26)24(32-25)31-20-8-6-7-17(2)22(20)23(27)35/h6-8,16,18H,3-5,9-15H2,1-2H3,(H2,27,35)(H,28,34)(H2,29,30,31,32). The smallest absolute Gasteiger partial charge is 0.251 e. The molecule has 1 aromatic heterocycles. The number of nitrogens with one attached hydrogen (secondary N) is 3. The molecule has 1 saturated heterocycles. The van der Waals surface area contributed by atoms with Crippen molar-refractivity contribution in [3.63, 3.8) is 0 Å². The number of hydrogen-bond donors (Lipinski definition) is 4. The van der Waals surface area contributed by atoms with Crippen LogP contribution in [-0.2, 0) is 14.8 Å². The van der Waals surface area contributed by atoms with Gasteiger partial charge in [0.15, 0.2) is 0 Å². The first-order valence-corrected chi connectivity index (χ1v) is 15.2. The average molecular weight is 611 g/mol. The fourth-order valence-corrected chi connectivity index (χ4v) is 5.96. The number of halogens is 1. The third kappa shape index (κ3) is 8.37. The molecule has 1 aliphatic heterocycles. The first kappa shape index (κ1) is 29.8. The molecule has 1 fully saturated rings. The SMILES string of the molecule is CCCCCC(=O)NCCS(=O)(=O)N1CCC(Nc2ncc(Br)c(Nc3cccc(C)c3C(N)=O)n2)CC1. The molecular formula is C25H36BrN7O4S. The van der Waals surface area contributed by atoms with Crippen molar-refractivity contribution in [3.8, 4) is 0 Å². The number of piperidine rings is 1. The molecule has 1 aromatic carbocycles. The van der Waals surface area contributed by atoms with E-state index in [0.29, 0.717) is 59.8 Å². The highest BCUT2D eigenvalue weighted by molar-refractivity contribution is 9.10. The molecule has 2 heterocycles. The highest BCUT2D eigenvalue weighted by Crippen LogP contribution is 2.28. The lowest BCUT2D eigenvalue weighted by Crippen LogP contribution is -2.45. The number of amides is 2. The van der Waals surface area contributed by atoms with Gasteiger partial charge < -0.3 is 21.7 Å². The molecule has 13 heteroatoms. The summed E-state index contributed by atoms with van der Waals surface area (Å²) in [7, 11) is -3.46. The van der Waals surface area contributed by atoms with E-state index in [0.717, 1.165) is 24.8 Å². The van der Waals surface area contributed by atoms with Crippen LogP contribution in [0.2, 0.25) is 0 Å². The van der Waals surface area contributed by atoms with E-state index in [-0.39, 0.29) is 24.2 Å². The van der Waals surface area contributed by atoms with E-state index in [2.05, 4.69) is 48.8 Å². The van der Waals surface area contributed by atoms with Crippen molar-refractivity contribution in [2.75, 3.05) is 36.0 Å². The predicted molar refractivity (Wildman–Crippen MR) is 152 cm³/mol. The third-order valence-electron chi connectivity index (χ3n) is 6.39. The van der Waals surface area contributed by atoms with Gasteiger partial charge in [-0.25, -0.2) is 17.7 Å². The molecule has 2 aromatic rings. The highest BCUT2D eigenvalue weighted by atomic mass is 79.9. The Labute approximate surface area is 232 Å². The topological polar surface area (TPSA) is 159 Å². The fourth-order valence-electron chi connectivity index (χ4n) is 4.28. The molecule has 1 aliphatic rings. The molecule has 0 atom stereocenters. The van der Waals surface area contributed by atoms with Crippen LogP contribution in [0, 0.1) is 6.92 Å². The molecule has 0 aliphatic carbocycles. The second kappa shape index (κ2) is 13.9. The normalized spacial score (nSPS) is 14.7. The zero-order valence-electron chi connectivity index (χ0n) is 21.8. The number of anilines is 3. The van der Waals surface area contributed by atoms with Gasteiger partial charge in [0.05, 0.1) is 21.5 Å². The fraction of sp³-hybridized carbons (Fsp3) is 0.520. The van der Waals surface area contributed by atoms with Crippen LogP contribution in [0.15, 0.2) is 28.9 Å². The number of unbranched alkanes of at least 4 members (excludes halogenated alkanes) is 2. The molecule has 0 unspecified atom stereocenters. The quantitative estimate of drug-likeness (QED) is 0.252. The lowest BCUT2D eigenvalue weighted by atomic mass is 10.1. The van der Waals surface area contributed by atoms with Gasteiger partial charge in [0.2, 0.25) is 21.9 Å². The van der Waals surface area contributed by atoms with E-state index in [1.165, 1.54) is 4.31 Å². The van der Waals surface area contributed by atoms with Gasteiger partial charge in [-0.15, -0.1) is 0 Å². The number of benzene rings is 1. The van der Waals surface area contributed by atoms with Crippen LogP contribution in [0.5, 0.6) is 0 Å². The Hall–Kier alpha value is -2.77. The molecule has 0 spiro atoms. The number of aryl methyl sites for hydroxylation is 1. The molecule has 5 N–H and O–H groups in total. The van der Waals surface area contributed by atoms with Gasteiger partial charge in [0, 0.05) is 38.3 Å². The van der Waals surface area contributed by atoms with Gasteiger partial charge in [0.1, 0.15) is 5.82 Å². The first-order chi connectivity index (χ1) is 18.1. The van der Waals surface area contributed by atoms with Gasteiger partial charge in [-0.3, -0.25) is 9.59 Å². The van der Waals surface area contributed by atoms with Crippen LogP contribution in [0.4, 0.5) is 17.5 Å². The van der Waals surface area contributed by atoms with Crippen molar-refractivity contribution >= 4 is 55.2 Å². The third-order valence-corrected chi connectivity index (χ3v) is 8.84. The van der Waals surface area contributed by atoms with E-state index in [1.807, 2.05) is 19.1 Å². The number of primary amides is 1. The molecule has 2 amide bonds. The van der Waals surface area contributed by atoms with Gasteiger partial charge in [-0.1, -0.05) is 31.9 Å². The summed E-state index contributed by atoms with van der Waals surface area (Å²) < 4.78 is 27.5. The number of rotatable bonds is 13. The van der Waals surface area contributed by atoms with Crippen LogP contribution in [0.1, 0.15) is 61.4 Å². The average Bonchev–Trinajstić information content (AvgIpc) is 2.86. The first-order valence-electron chi connectivity index (χ1n) is 12.8. The Morgan fingerprint density at radius 2 is 1.95 bits per heavy atom. The lowest BCUT2D eigenvalue weighted by molar-refractivity contribution is -0.121. The van der Waals surface area contributed by atoms with Gasteiger partial charge in [-0.2, -0.15) is 4.98 Å². The summed E-state index contributed by atoms with van der Waals surface area (Å²) in [6, 6.07) is 5.38. The second-order valence-corrected chi connectivity index (χ2v) is 12.3. The van der Waals surface area contributed by atoms with Crippen LogP contribution >= 0.6 is 15.9 Å². The molecule has 208 valence electrons. The maximum absolute atomic E-state index is 12.7. The summed E-state index contributed by atoms with van der Waals surface area (Å²) in [5.41, 5.74) is 7.24. The van der Waals surface area contributed by atoms with E-state index < -0.39 is 15.9 Å². The van der Waals surface area contributed by atoms with Crippen molar-refractivity contribution in [3.05, 3.63) is 40.0 Å². The van der Waals surface area contributed by atoms with Crippen molar-refractivity contribution < 1.29 is 18.0 Å². The number of hydrogen-bond acceptors (Lipinski definition) is 8.